The van der Waals surface area contributed by atoms with Crippen molar-refractivity contribution in [2.45, 2.75) is 20.4 Å². The Balaban J connectivity index is 2.19. The van der Waals surface area contributed by atoms with Gasteiger partial charge in [0, 0.05) is 22.8 Å². The lowest BCUT2D eigenvalue weighted by atomic mass is 10.1. The van der Waals surface area contributed by atoms with Crippen LogP contribution in [0.25, 0.3) is 0 Å². The topological polar surface area (TPSA) is 12.0 Å². The zero-order valence-electron chi connectivity index (χ0n) is 10.4. The van der Waals surface area contributed by atoms with E-state index in [1.807, 2.05) is 26.0 Å². The van der Waals surface area contributed by atoms with Crippen LogP contribution < -0.4 is 5.32 Å². The predicted molar refractivity (Wildman–Crippen MR) is 74.7 cm³/mol. The lowest BCUT2D eigenvalue weighted by Gasteiger charge is -2.12. The van der Waals surface area contributed by atoms with Gasteiger partial charge in [-0.15, -0.1) is 0 Å². The normalized spacial score (nSPS) is 10.4. The van der Waals surface area contributed by atoms with Gasteiger partial charge in [0.2, 0.25) is 0 Å². The van der Waals surface area contributed by atoms with Gasteiger partial charge in [-0.2, -0.15) is 0 Å². The van der Waals surface area contributed by atoms with Crippen molar-refractivity contribution in [2.24, 2.45) is 0 Å². The Morgan fingerprint density at radius 3 is 2.67 bits per heavy atom. The van der Waals surface area contributed by atoms with Crippen molar-refractivity contribution in [2.75, 3.05) is 5.32 Å². The van der Waals surface area contributed by atoms with Gasteiger partial charge in [0.05, 0.1) is 0 Å². The molecule has 2 aromatic rings. The predicted octanol–water partition coefficient (Wildman–Crippen LogP) is 4.71. The van der Waals surface area contributed by atoms with Gasteiger partial charge in [-0.25, -0.2) is 4.39 Å². The van der Waals surface area contributed by atoms with E-state index >= 15 is 0 Å². The number of hydrogen-bond donors (Lipinski definition) is 1. The minimum Gasteiger partial charge on any atom is -0.381 e. The molecular formula is C15H15ClFN. The highest BCUT2D eigenvalue weighted by Gasteiger charge is 2.07. The number of benzene rings is 2. The van der Waals surface area contributed by atoms with Gasteiger partial charge >= 0.3 is 0 Å². The third-order valence-electron chi connectivity index (χ3n) is 2.91. The third kappa shape index (κ3) is 2.82. The van der Waals surface area contributed by atoms with Gasteiger partial charge in [0.25, 0.3) is 0 Å². The Morgan fingerprint density at radius 2 is 1.94 bits per heavy atom. The summed E-state index contributed by atoms with van der Waals surface area (Å²) in [5.41, 5.74) is 3.81. The molecule has 2 aromatic carbocycles. The minimum absolute atomic E-state index is 0.277. The zero-order chi connectivity index (χ0) is 13.1. The van der Waals surface area contributed by atoms with E-state index in [0.717, 1.165) is 11.3 Å². The van der Waals surface area contributed by atoms with Crippen molar-refractivity contribution in [3.8, 4) is 0 Å². The first-order chi connectivity index (χ1) is 8.58. The van der Waals surface area contributed by atoms with Gasteiger partial charge in [-0.1, -0.05) is 29.8 Å². The number of aryl methyl sites for hydroxylation is 2. The second-order valence-electron chi connectivity index (χ2n) is 4.37. The minimum atomic E-state index is -0.277. The average molecular weight is 264 g/mol. The van der Waals surface area contributed by atoms with E-state index in [9.17, 15) is 4.39 Å². The third-order valence-corrected chi connectivity index (χ3v) is 3.26. The van der Waals surface area contributed by atoms with Crippen LogP contribution in [0.1, 0.15) is 16.7 Å². The molecule has 0 saturated carbocycles. The molecule has 0 aliphatic carbocycles. The molecule has 0 bridgehead atoms. The zero-order valence-corrected chi connectivity index (χ0v) is 11.2. The lowest BCUT2D eigenvalue weighted by molar-refractivity contribution is 0.613. The molecule has 1 nitrogen and oxygen atoms in total. The van der Waals surface area contributed by atoms with E-state index in [4.69, 9.17) is 11.6 Å². The van der Waals surface area contributed by atoms with E-state index in [2.05, 4.69) is 11.4 Å². The van der Waals surface area contributed by atoms with Crippen molar-refractivity contribution in [3.05, 3.63) is 63.9 Å². The van der Waals surface area contributed by atoms with Crippen LogP contribution in [-0.2, 0) is 6.54 Å². The fraction of sp³-hybridized carbons (Fsp3) is 0.200. The molecule has 0 heterocycles. The SMILES string of the molecule is Cc1ccc(C)c(NCc2c(F)cccc2Cl)c1. The molecule has 1 N–H and O–H groups in total. The van der Waals surface area contributed by atoms with Crippen molar-refractivity contribution in [1.29, 1.82) is 0 Å². The molecule has 0 radical (unpaired) electrons. The van der Waals surface area contributed by atoms with Crippen molar-refractivity contribution in [1.82, 2.24) is 0 Å². The van der Waals surface area contributed by atoms with Gasteiger partial charge in [-0.3, -0.25) is 0 Å². The van der Waals surface area contributed by atoms with Crippen molar-refractivity contribution >= 4 is 17.3 Å². The molecule has 94 valence electrons. The number of anilines is 1. The van der Waals surface area contributed by atoms with E-state index in [0.29, 0.717) is 17.1 Å². The second-order valence-corrected chi connectivity index (χ2v) is 4.78. The summed E-state index contributed by atoms with van der Waals surface area (Å²) in [6.45, 7) is 4.43. The van der Waals surface area contributed by atoms with E-state index < -0.39 is 0 Å². The van der Waals surface area contributed by atoms with Crippen LogP contribution in [0, 0.1) is 19.7 Å². The molecule has 0 spiro atoms. The Kier molecular flexibility index (Phi) is 3.87. The van der Waals surface area contributed by atoms with Gasteiger partial charge in [0.15, 0.2) is 0 Å². The smallest absolute Gasteiger partial charge is 0.129 e. The van der Waals surface area contributed by atoms with E-state index in [1.54, 1.807) is 12.1 Å². The molecule has 0 aliphatic heterocycles. The number of halogens is 2. The molecule has 0 amide bonds. The van der Waals surface area contributed by atoms with Gasteiger partial charge in [0.1, 0.15) is 5.82 Å². The first-order valence-corrected chi connectivity index (χ1v) is 6.20. The fourth-order valence-electron chi connectivity index (χ4n) is 1.81. The number of hydrogen-bond acceptors (Lipinski definition) is 1. The summed E-state index contributed by atoms with van der Waals surface area (Å²) < 4.78 is 13.6. The molecular weight excluding hydrogens is 249 g/mol. The molecule has 18 heavy (non-hydrogen) atoms. The first kappa shape index (κ1) is 12.9. The molecule has 0 aromatic heterocycles. The summed E-state index contributed by atoms with van der Waals surface area (Å²) >= 11 is 5.99. The van der Waals surface area contributed by atoms with E-state index in [-0.39, 0.29) is 5.82 Å². The highest BCUT2D eigenvalue weighted by atomic mass is 35.5. The van der Waals surface area contributed by atoms with Crippen LogP contribution in [-0.4, -0.2) is 0 Å². The summed E-state index contributed by atoms with van der Waals surface area (Å²) in [4.78, 5) is 0. The van der Waals surface area contributed by atoms with Crippen LogP contribution in [0.5, 0.6) is 0 Å². The summed E-state index contributed by atoms with van der Waals surface area (Å²) in [6, 6.07) is 10.9. The standard InChI is InChI=1S/C15H15ClFN/c1-10-6-7-11(2)15(8-10)18-9-12-13(16)4-3-5-14(12)17/h3-8,18H,9H2,1-2H3. The van der Waals surface area contributed by atoms with Crippen LogP contribution >= 0.6 is 11.6 Å². The Morgan fingerprint density at radius 1 is 1.17 bits per heavy atom. The van der Waals surface area contributed by atoms with Crippen LogP contribution in [0.3, 0.4) is 0 Å². The maximum absolute atomic E-state index is 13.6. The molecule has 0 atom stereocenters. The van der Waals surface area contributed by atoms with Crippen LogP contribution in [0.15, 0.2) is 36.4 Å². The summed E-state index contributed by atoms with van der Waals surface area (Å²) in [6.07, 6.45) is 0. The molecule has 0 saturated heterocycles. The highest BCUT2D eigenvalue weighted by molar-refractivity contribution is 6.31. The molecule has 0 aliphatic rings. The molecule has 0 unspecified atom stereocenters. The number of rotatable bonds is 3. The summed E-state index contributed by atoms with van der Waals surface area (Å²) in [5, 5.41) is 3.68. The molecule has 2 rings (SSSR count). The van der Waals surface area contributed by atoms with Gasteiger partial charge < -0.3 is 5.32 Å². The first-order valence-electron chi connectivity index (χ1n) is 5.82. The van der Waals surface area contributed by atoms with Gasteiger partial charge in [-0.05, 0) is 43.2 Å². The molecule has 0 fully saturated rings. The Hall–Kier alpha value is -1.54. The monoisotopic (exact) mass is 263 g/mol. The lowest BCUT2D eigenvalue weighted by Crippen LogP contribution is -2.04. The Bertz CT molecular complexity index is 546. The van der Waals surface area contributed by atoms with E-state index in [1.165, 1.54) is 11.6 Å². The fourth-order valence-corrected chi connectivity index (χ4v) is 2.04. The Labute approximate surface area is 112 Å². The maximum atomic E-state index is 13.6. The maximum Gasteiger partial charge on any atom is 0.129 e. The largest absolute Gasteiger partial charge is 0.381 e. The summed E-state index contributed by atoms with van der Waals surface area (Å²) in [5.74, 6) is -0.277. The second kappa shape index (κ2) is 5.40. The quantitative estimate of drug-likeness (QED) is 0.846. The number of nitrogens with one attached hydrogen (secondary N) is 1. The highest BCUT2D eigenvalue weighted by Crippen LogP contribution is 2.22. The summed E-state index contributed by atoms with van der Waals surface area (Å²) in [7, 11) is 0. The van der Waals surface area contributed by atoms with Crippen molar-refractivity contribution in [3.63, 3.8) is 0 Å². The van der Waals surface area contributed by atoms with Crippen LogP contribution in [0.2, 0.25) is 5.02 Å². The van der Waals surface area contributed by atoms with Crippen LogP contribution in [0.4, 0.5) is 10.1 Å². The van der Waals surface area contributed by atoms with Crippen molar-refractivity contribution < 1.29 is 4.39 Å². The molecule has 3 heteroatoms. The average Bonchev–Trinajstić information content (AvgIpc) is 2.33.